The van der Waals surface area contributed by atoms with Gasteiger partial charge in [-0.15, -0.1) is 0 Å². The molecule has 3 nitrogen and oxygen atoms in total. The molecule has 0 spiro atoms. The van der Waals surface area contributed by atoms with Crippen molar-refractivity contribution in [2.45, 2.75) is 39.3 Å². The van der Waals surface area contributed by atoms with E-state index in [1.54, 1.807) is 0 Å². The molecule has 0 unspecified atom stereocenters. The van der Waals surface area contributed by atoms with E-state index < -0.39 is 35.9 Å². The van der Waals surface area contributed by atoms with Crippen molar-refractivity contribution in [2.75, 3.05) is 0 Å². The lowest BCUT2D eigenvalue weighted by Crippen LogP contribution is -2.62. The maximum atomic E-state index is 6.44. The third-order valence-corrected chi connectivity index (χ3v) is 13.2. The van der Waals surface area contributed by atoms with Crippen LogP contribution >= 0.6 is 0 Å². The predicted octanol–water partition coefficient (Wildman–Crippen LogP) is 2.48. The fourth-order valence-corrected chi connectivity index (χ4v) is 14.1. The van der Waals surface area contributed by atoms with E-state index in [0.29, 0.717) is 0 Å². The van der Waals surface area contributed by atoms with Gasteiger partial charge in [-0.3, -0.25) is 0 Å². The summed E-state index contributed by atoms with van der Waals surface area (Å²) in [6, 6.07) is 8.21. The van der Waals surface area contributed by atoms with Crippen molar-refractivity contribution in [3.05, 3.63) is 36.4 Å². The van der Waals surface area contributed by atoms with Crippen molar-refractivity contribution in [2.24, 2.45) is 0 Å². The van der Waals surface area contributed by atoms with Crippen LogP contribution in [0.4, 0.5) is 0 Å². The normalized spacial score (nSPS) is 12.4. The van der Waals surface area contributed by atoms with Crippen molar-refractivity contribution in [1.82, 2.24) is 0 Å². The fraction of sp³-hybridized carbons (Fsp3) is 0.429. The van der Waals surface area contributed by atoms with Gasteiger partial charge in [0, 0.05) is 5.19 Å². The highest BCUT2D eigenvalue weighted by atomic mass is 28.5. The van der Waals surface area contributed by atoms with Crippen LogP contribution in [0.25, 0.3) is 6.08 Å². The molecule has 0 aromatic heterocycles. The van der Waals surface area contributed by atoms with Crippen LogP contribution < -0.4 is 5.19 Å². The van der Waals surface area contributed by atoms with Crippen molar-refractivity contribution in [3.63, 3.8) is 0 Å². The third-order valence-electron chi connectivity index (χ3n) is 2.68. The van der Waals surface area contributed by atoms with Crippen LogP contribution in [0.2, 0.25) is 39.3 Å². The standard InChI is InChI=1S/C14H28O3Si4/c1-8-13-11-9-10-12-14(13)21(15-18(2)3,16-19(4)5)17-20(6)7/h8-12,18-20H,1H2,2-7H3. The SMILES string of the molecule is C=Cc1ccccc1[Si](O[SiH](C)C)(O[SiH](C)C)O[SiH](C)C. The maximum Gasteiger partial charge on any atom is 0.505 e. The minimum Gasteiger partial charge on any atom is -0.416 e. The van der Waals surface area contributed by atoms with Gasteiger partial charge >= 0.3 is 8.80 Å². The molecule has 0 saturated carbocycles. The minimum absolute atomic E-state index is 1.07. The van der Waals surface area contributed by atoms with Gasteiger partial charge in [-0.2, -0.15) is 0 Å². The summed E-state index contributed by atoms with van der Waals surface area (Å²) in [7, 11) is -6.69. The summed E-state index contributed by atoms with van der Waals surface area (Å²) >= 11 is 0. The molecule has 0 saturated heterocycles. The van der Waals surface area contributed by atoms with Crippen molar-refractivity contribution in [1.29, 1.82) is 0 Å². The lowest BCUT2D eigenvalue weighted by molar-refractivity contribution is 0.290. The Morgan fingerprint density at radius 1 is 0.857 bits per heavy atom. The zero-order valence-electron chi connectivity index (χ0n) is 14.1. The van der Waals surface area contributed by atoms with Crippen LogP contribution in [0.15, 0.2) is 30.8 Å². The largest absolute Gasteiger partial charge is 0.505 e. The van der Waals surface area contributed by atoms with Gasteiger partial charge in [0.2, 0.25) is 0 Å². The molecule has 0 heterocycles. The lowest BCUT2D eigenvalue weighted by Gasteiger charge is -2.36. The molecule has 1 rings (SSSR count). The fourth-order valence-electron chi connectivity index (χ4n) is 2.16. The van der Waals surface area contributed by atoms with Gasteiger partial charge in [-0.25, -0.2) is 0 Å². The number of hydrogen-bond donors (Lipinski definition) is 0. The van der Waals surface area contributed by atoms with Crippen LogP contribution in [-0.4, -0.2) is 35.9 Å². The predicted molar refractivity (Wildman–Crippen MR) is 102 cm³/mol. The molecule has 0 radical (unpaired) electrons. The first-order chi connectivity index (χ1) is 9.80. The average molecular weight is 357 g/mol. The molecule has 1 aromatic rings. The van der Waals surface area contributed by atoms with Crippen molar-refractivity contribution in [3.8, 4) is 0 Å². The van der Waals surface area contributed by atoms with E-state index in [-0.39, 0.29) is 0 Å². The molecule has 0 fully saturated rings. The first-order valence-electron chi connectivity index (χ1n) is 7.56. The summed E-state index contributed by atoms with van der Waals surface area (Å²) in [4.78, 5) is 0. The van der Waals surface area contributed by atoms with Gasteiger partial charge in [0.25, 0.3) is 0 Å². The summed E-state index contributed by atoms with van der Waals surface area (Å²) in [5.74, 6) is 0. The first kappa shape index (κ1) is 18.8. The van der Waals surface area contributed by atoms with Crippen LogP contribution in [0.5, 0.6) is 0 Å². The quantitative estimate of drug-likeness (QED) is 0.670. The smallest absolute Gasteiger partial charge is 0.416 e. The molecule has 0 N–H and O–H groups in total. The molecule has 118 valence electrons. The molecular weight excluding hydrogens is 328 g/mol. The van der Waals surface area contributed by atoms with Gasteiger partial charge in [-0.05, 0) is 44.8 Å². The summed E-state index contributed by atoms with van der Waals surface area (Å²) in [5.41, 5.74) is 1.07. The van der Waals surface area contributed by atoms with Gasteiger partial charge in [0.05, 0.1) is 0 Å². The van der Waals surface area contributed by atoms with E-state index in [0.717, 1.165) is 10.8 Å². The second kappa shape index (κ2) is 8.37. The molecule has 7 heteroatoms. The molecule has 1 aromatic carbocycles. The Bertz CT molecular complexity index is 437. The number of hydrogen-bond acceptors (Lipinski definition) is 3. The maximum absolute atomic E-state index is 6.44. The van der Waals surface area contributed by atoms with Gasteiger partial charge in [0.15, 0.2) is 27.1 Å². The topological polar surface area (TPSA) is 27.7 Å². The highest BCUT2D eigenvalue weighted by molar-refractivity contribution is 6.88. The lowest BCUT2D eigenvalue weighted by atomic mass is 10.2. The molecule has 0 aliphatic carbocycles. The van der Waals surface area contributed by atoms with E-state index in [2.05, 4.69) is 58.0 Å². The molecule has 0 bridgehead atoms. The Morgan fingerprint density at radius 3 is 1.67 bits per heavy atom. The summed E-state index contributed by atoms with van der Waals surface area (Å²) in [6.07, 6.45) is 1.87. The molecule has 0 aliphatic rings. The Hall–Kier alpha value is -0.292. The highest BCUT2D eigenvalue weighted by Gasteiger charge is 2.46. The van der Waals surface area contributed by atoms with Gasteiger partial charge < -0.3 is 12.3 Å². The first-order valence-corrected chi connectivity index (χ1v) is 17.6. The molecule has 0 amide bonds. The van der Waals surface area contributed by atoms with E-state index in [9.17, 15) is 0 Å². The van der Waals surface area contributed by atoms with Crippen LogP contribution in [0.1, 0.15) is 5.56 Å². The monoisotopic (exact) mass is 356 g/mol. The summed E-state index contributed by atoms with van der Waals surface area (Å²) in [5, 5.41) is 1.09. The molecular formula is C14H28O3Si4. The third kappa shape index (κ3) is 5.44. The Labute approximate surface area is 135 Å². The molecule has 0 aliphatic heterocycles. The van der Waals surface area contributed by atoms with E-state index in [4.69, 9.17) is 12.3 Å². The van der Waals surface area contributed by atoms with E-state index in [1.165, 1.54) is 0 Å². The average Bonchev–Trinajstić information content (AvgIpc) is 2.36. The molecule has 21 heavy (non-hydrogen) atoms. The van der Waals surface area contributed by atoms with Gasteiger partial charge in [0.1, 0.15) is 0 Å². The minimum atomic E-state index is -2.81. The second-order valence-corrected chi connectivity index (χ2v) is 16.6. The van der Waals surface area contributed by atoms with Crippen LogP contribution in [0.3, 0.4) is 0 Å². The number of rotatable bonds is 8. The van der Waals surface area contributed by atoms with E-state index >= 15 is 0 Å². The number of benzene rings is 1. The Kier molecular flexibility index (Phi) is 7.47. The van der Waals surface area contributed by atoms with Crippen LogP contribution in [-0.2, 0) is 12.3 Å². The van der Waals surface area contributed by atoms with Gasteiger partial charge in [-0.1, -0.05) is 36.9 Å². The summed E-state index contributed by atoms with van der Waals surface area (Å²) in [6.45, 7) is 17.0. The summed E-state index contributed by atoms with van der Waals surface area (Å²) < 4.78 is 19.3. The Morgan fingerprint density at radius 2 is 1.29 bits per heavy atom. The highest BCUT2D eigenvalue weighted by Crippen LogP contribution is 2.18. The van der Waals surface area contributed by atoms with Crippen LogP contribution in [0, 0.1) is 0 Å². The molecule has 0 atom stereocenters. The zero-order chi connectivity index (χ0) is 16.0. The zero-order valence-corrected chi connectivity index (χ0v) is 18.5. The van der Waals surface area contributed by atoms with Crippen molar-refractivity contribution >= 4 is 47.2 Å². The Balaban J connectivity index is 3.40. The van der Waals surface area contributed by atoms with E-state index in [1.807, 2.05) is 18.2 Å². The van der Waals surface area contributed by atoms with Crippen molar-refractivity contribution < 1.29 is 12.3 Å². The second-order valence-electron chi connectivity index (χ2n) is 5.85.